The van der Waals surface area contributed by atoms with Gasteiger partial charge in [-0.3, -0.25) is 4.79 Å². The summed E-state index contributed by atoms with van der Waals surface area (Å²) < 4.78 is 42.9. The number of hydrogen-bond acceptors (Lipinski definition) is 2. The van der Waals surface area contributed by atoms with E-state index in [0.29, 0.717) is 5.92 Å². The van der Waals surface area contributed by atoms with Crippen LogP contribution in [0.2, 0.25) is 0 Å². The quantitative estimate of drug-likeness (QED) is 0.286. The molecule has 0 N–H and O–H groups in total. The molecule has 0 spiro atoms. The first kappa shape index (κ1) is 20.8. The molecule has 0 radical (unpaired) electrons. The molecule has 1 aliphatic rings. The van der Waals surface area contributed by atoms with E-state index in [1.54, 1.807) is 0 Å². The molecule has 0 bridgehead atoms. The lowest BCUT2D eigenvalue weighted by molar-refractivity contribution is -0.140. The summed E-state index contributed by atoms with van der Waals surface area (Å²) >= 11 is 0. The largest absolute Gasteiger partial charge is 0.426 e. The summed E-state index contributed by atoms with van der Waals surface area (Å²) in [6.45, 7) is 2.21. The van der Waals surface area contributed by atoms with Gasteiger partial charge in [-0.1, -0.05) is 45.4 Å². The predicted octanol–water partition coefficient (Wildman–Crippen LogP) is 6.78. The molecule has 1 aromatic rings. The van der Waals surface area contributed by atoms with Crippen molar-refractivity contribution in [1.29, 1.82) is 0 Å². The van der Waals surface area contributed by atoms with Crippen molar-refractivity contribution in [2.45, 2.75) is 77.3 Å². The Morgan fingerprint density at radius 1 is 1.00 bits per heavy atom. The Labute approximate surface area is 154 Å². The van der Waals surface area contributed by atoms with Crippen molar-refractivity contribution in [3.05, 3.63) is 29.8 Å². The van der Waals surface area contributed by atoms with Gasteiger partial charge in [0.2, 0.25) is 0 Å². The van der Waals surface area contributed by atoms with Crippen LogP contribution in [0.1, 0.15) is 76.7 Å². The van der Waals surface area contributed by atoms with Crippen molar-refractivity contribution in [3.63, 3.8) is 0 Å². The minimum Gasteiger partial charge on any atom is -0.426 e. The van der Waals surface area contributed by atoms with Gasteiger partial charge in [-0.25, -0.2) is 0 Å². The van der Waals surface area contributed by atoms with Gasteiger partial charge in [-0.15, -0.1) is 0 Å². The molecule has 2 nitrogen and oxygen atoms in total. The number of alkyl halides is 3. The van der Waals surface area contributed by atoms with Crippen LogP contribution in [0.15, 0.2) is 24.3 Å². The average Bonchev–Trinajstić information content (AvgIpc) is 2.62. The molecule has 0 aromatic heterocycles. The van der Waals surface area contributed by atoms with E-state index in [1.807, 2.05) is 0 Å². The molecule has 0 heterocycles. The number of rotatable bonds is 8. The van der Waals surface area contributed by atoms with Gasteiger partial charge in [0.15, 0.2) is 0 Å². The molecule has 0 saturated heterocycles. The monoisotopic (exact) mass is 370 g/mol. The van der Waals surface area contributed by atoms with E-state index in [4.69, 9.17) is 4.74 Å². The summed E-state index contributed by atoms with van der Waals surface area (Å²) in [5.41, 5.74) is -0.739. The van der Waals surface area contributed by atoms with Gasteiger partial charge in [0.1, 0.15) is 5.75 Å². The topological polar surface area (TPSA) is 26.3 Å². The molecule has 1 aliphatic carbocycles. The zero-order valence-corrected chi connectivity index (χ0v) is 15.5. The Morgan fingerprint density at radius 3 is 2.19 bits per heavy atom. The highest BCUT2D eigenvalue weighted by Gasteiger charge is 2.31. The summed E-state index contributed by atoms with van der Waals surface area (Å²) in [5, 5.41) is 0. The second kappa shape index (κ2) is 9.98. The maximum Gasteiger partial charge on any atom is 0.416 e. The fraction of sp³-hybridized carbons (Fsp3) is 0.667. The Balaban J connectivity index is 1.71. The van der Waals surface area contributed by atoms with Crippen LogP contribution in [0.25, 0.3) is 0 Å². The highest BCUT2D eigenvalue weighted by Crippen LogP contribution is 2.34. The van der Waals surface area contributed by atoms with Crippen molar-refractivity contribution in [3.8, 4) is 5.75 Å². The first-order valence-corrected chi connectivity index (χ1v) is 9.79. The summed E-state index contributed by atoms with van der Waals surface area (Å²) in [4.78, 5) is 12.2. The van der Waals surface area contributed by atoms with E-state index in [9.17, 15) is 18.0 Å². The molecule has 0 amide bonds. The van der Waals surface area contributed by atoms with Crippen LogP contribution in [0.5, 0.6) is 5.75 Å². The Morgan fingerprint density at radius 2 is 1.62 bits per heavy atom. The molecular formula is C21H29F3O2. The number of benzene rings is 1. The highest BCUT2D eigenvalue weighted by atomic mass is 19.4. The molecule has 1 aromatic carbocycles. The van der Waals surface area contributed by atoms with Crippen LogP contribution in [-0.4, -0.2) is 5.97 Å². The number of hydrogen-bond donors (Lipinski definition) is 0. The number of halogens is 3. The van der Waals surface area contributed by atoms with Crippen LogP contribution in [0, 0.1) is 11.8 Å². The maximum atomic E-state index is 12.6. The summed E-state index contributed by atoms with van der Waals surface area (Å²) in [5.74, 6) is 0.438. The summed E-state index contributed by atoms with van der Waals surface area (Å²) in [7, 11) is 0. The first-order valence-electron chi connectivity index (χ1n) is 9.79. The second-order valence-electron chi connectivity index (χ2n) is 7.36. The van der Waals surface area contributed by atoms with Gasteiger partial charge in [0, 0.05) is 0 Å². The van der Waals surface area contributed by atoms with Gasteiger partial charge in [-0.05, 0) is 55.9 Å². The smallest absolute Gasteiger partial charge is 0.416 e. The van der Waals surface area contributed by atoms with Crippen LogP contribution in [0.4, 0.5) is 13.2 Å². The van der Waals surface area contributed by atoms with Crippen molar-refractivity contribution in [1.82, 2.24) is 0 Å². The number of unbranched alkanes of at least 4 members (excludes halogenated alkanes) is 4. The zero-order chi connectivity index (χ0) is 19.0. The minimum absolute atomic E-state index is 0.131. The van der Waals surface area contributed by atoms with E-state index in [0.717, 1.165) is 37.8 Å². The predicted molar refractivity (Wildman–Crippen MR) is 95.9 cm³/mol. The lowest BCUT2D eigenvalue weighted by atomic mass is 9.80. The number of esters is 1. The minimum atomic E-state index is -4.38. The van der Waals surface area contributed by atoms with Crippen LogP contribution in [-0.2, 0) is 11.0 Å². The SMILES string of the molecule is CCCCCCCC1CCC(C(=O)Oc2ccc(C(F)(F)F)cc2)CC1. The van der Waals surface area contributed by atoms with E-state index in [2.05, 4.69) is 6.92 Å². The fourth-order valence-corrected chi connectivity index (χ4v) is 3.63. The molecule has 146 valence electrons. The van der Waals surface area contributed by atoms with Gasteiger partial charge < -0.3 is 4.74 Å². The fourth-order valence-electron chi connectivity index (χ4n) is 3.63. The van der Waals surface area contributed by atoms with Gasteiger partial charge >= 0.3 is 12.1 Å². The van der Waals surface area contributed by atoms with Crippen molar-refractivity contribution in [2.75, 3.05) is 0 Å². The van der Waals surface area contributed by atoms with Gasteiger partial charge in [-0.2, -0.15) is 13.2 Å². The Bertz CT molecular complexity index is 543. The lowest BCUT2D eigenvalue weighted by Crippen LogP contribution is -2.25. The third-order valence-electron chi connectivity index (χ3n) is 5.30. The molecule has 5 heteroatoms. The zero-order valence-electron chi connectivity index (χ0n) is 15.5. The molecule has 0 atom stereocenters. The normalized spacial score (nSPS) is 20.8. The van der Waals surface area contributed by atoms with E-state index >= 15 is 0 Å². The Hall–Kier alpha value is -1.52. The maximum absolute atomic E-state index is 12.6. The molecule has 0 aliphatic heterocycles. The van der Waals surface area contributed by atoms with Gasteiger partial charge in [0.25, 0.3) is 0 Å². The Kier molecular flexibility index (Phi) is 7.98. The van der Waals surface area contributed by atoms with E-state index in [1.165, 1.54) is 50.7 Å². The average molecular weight is 370 g/mol. The van der Waals surface area contributed by atoms with Crippen molar-refractivity contribution in [2.24, 2.45) is 11.8 Å². The summed E-state index contributed by atoms with van der Waals surface area (Å²) in [6.07, 6.45) is 7.02. The lowest BCUT2D eigenvalue weighted by Gasteiger charge is -2.27. The van der Waals surface area contributed by atoms with Crippen molar-refractivity contribution >= 4 is 5.97 Å². The standard InChI is InChI=1S/C21H29F3O2/c1-2-3-4-5-6-7-16-8-10-17(11-9-16)20(25)26-19-14-12-18(13-15-19)21(22,23)24/h12-17H,2-11H2,1H3. The van der Waals surface area contributed by atoms with Crippen molar-refractivity contribution < 1.29 is 22.7 Å². The first-order chi connectivity index (χ1) is 12.4. The second-order valence-corrected chi connectivity index (χ2v) is 7.36. The number of ether oxygens (including phenoxy) is 1. The van der Waals surface area contributed by atoms with Crippen LogP contribution >= 0.6 is 0 Å². The molecular weight excluding hydrogens is 341 g/mol. The summed E-state index contributed by atoms with van der Waals surface area (Å²) in [6, 6.07) is 4.31. The molecule has 26 heavy (non-hydrogen) atoms. The molecule has 2 rings (SSSR count). The molecule has 1 saturated carbocycles. The molecule has 0 unspecified atom stereocenters. The highest BCUT2D eigenvalue weighted by molar-refractivity contribution is 5.75. The van der Waals surface area contributed by atoms with E-state index in [-0.39, 0.29) is 17.6 Å². The number of carbonyl (C=O) groups excluding carboxylic acids is 1. The van der Waals surface area contributed by atoms with Crippen LogP contribution in [0.3, 0.4) is 0 Å². The van der Waals surface area contributed by atoms with Crippen LogP contribution < -0.4 is 4.74 Å². The number of carbonyl (C=O) groups is 1. The third kappa shape index (κ3) is 6.65. The third-order valence-corrected chi connectivity index (χ3v) is 5.30. The molecule has 1 fully saturated rings. The van der Waals surface area contributed by atoms with Gasteiger partial charge in [0.05, 0.1) is 11.5 Å². The van der Waals surface area contributed by atoms with E-state index < -0.39 is 11.7 Å².